The third kappa shape index (κ3) is 3.70. The summed E-state index contributed by atoms with van der Waals surface area (Å²) in [5.74, 6) is 7.28. The van der Waals surface area contributed by atoms with Crippen molar-refractivity contribution in [2.45, 2.75) is 11.8 Å². The number of fused-ring (bicyclic) bond motifs is 9. The number of benzene rings is 7. The predicted molar refractivity (Wildman–Crippen MR) is 193 cm³/mol. The van der Waals surface area contributed by atoms with Gasteiger partial charge in [-0.3, -0.25) is 0 Å². The smallest absolute Gasteiger partial charge is 0.0435 e. The van der Waals surface area contributed by atoms with Gasteiger partial charge in [-0.1, -0.05) is 127 Å². The van der Waals surface area contributed by atoms with Gasteiger partial charge in [0.25, 0.3) is 0 Å². The van der Waals surface area contributed by atoms with Crippen LogP contribution < -0.4 is 0 Å². The molecule has 0 aromatic heterocycles. The van der Waals surface area contributed by atoms with E-state index in [1.807, 2.05) is 6.08 Å². The first-order valence-corrected chi connectivity index (χ1v) is 16.1. The third-order valence-corrected chi connectivity index (χ3v) is 10.2. The molecule has 46 heavy (non-hydrogen) atoms. The Morgan fingerprint density at radius 1 is 0.391 bits per heavy atom. The lowest BCUT2D eigenvalue weighted by Gasteiger charge is -2.24. The zero-order valence-electron chi connectivity index (χ0n) is 25.2. The Morgan fingerprint density at radius 3 is 1.41 bits per heavy atom. The molecule has 3 aliphatic carbocycles. The van der Waals surface area contributed by atoms with Crippen molar-refractivity contribution < 1.29 is 0 Å². The fourth-order valence-electron chi connectivity index (χ4n) is 8.20. The summed E-state index contributed by atoms with van der Waals surface area (Å²) in [6.07, 6.45) is 8.58. The molecule has 1 unspecified atom stereocenters. The van der Waals surface area contributed by atoms with Crippen molar-refractivity contribution >= 4 is 32.3 Å². The molecule has 0 nitrogen and oxygen atoms in total. The summed E-state index contributed by atoms with van der Waals surface area (Å²) in [4.78, 5) is 0. The molecule has 0 heteroatoms. The summed E-state index contributed by atoms with van der Waals surface area (Å²) in [5, 5.41) is 7.64. The molecule has 0 fully saturated rings. The fraction of sp³-hybridized carbons (Fsp3) is 0.0435. The van der Waals surface area contributed by atoms with E-state index in [-0.39, 0.29) is 11.8 Å². The van der Waals surface area contributed by atoms with E-state index in [1.165, 1.54) is 88.0 Å². The minimum absolute atomic E-state index is 0.0443. The first-order valence-electron chi connectivity index (χ1n) is 16.1. The zero-order chi connectivity index (χ0) is 30.2. The van der Waals surface area contributed by atoms with Crippen LogP contribution in [0.15, 0.2) is 169 Å². The van der Waals surface area contributed by atoms with Crippen molar-refractivity contribution in [2.75, 3.05) is 0 Å². The second kappa shape index (κ2) is 9.80. The van der Waals surface area contributed by atoms with Crippen LogP contribution in [0.5, 0.6) is 0 Å². The molecule has 212 valence electrons. The van der Waals surface area contributed by atoms with Crippen molar-refractivity contribution in [3.63, 3.8) is 0 Å². The highest BCUT2D eigenvalue weighted by molar-refractivity contribution is 5.99. The Hall–Kier alpha value is -5.90. The Labute approximate surface area is 268 Å². The zero-order valence-corrected chi connectivity index (χ0v) is 25.2. The van der Waals surface area contributed by atoms with E-state index in [1.54, 1.807) is 0 Å². The second-order valence-electron chi connectivity index (χ2n) is 12.7. The van der Waals surface area contributed by atoms with E-state index in [2.05, 4.69) is 164 Å². The summed E-state index contributed by atoms with van der Waals surface area (Å²) in [7, 11) is 0. The average molecular weight is 581 g/mol. The number of hydrogen-bond acceptors (Lipinski definition) is 0. The molecule has 0 amide bonds. The van der Waals surface area contributed by atoms with Crippen LogP contribution in [0.1, 0.15) is 34.1 Å². The standard InChI is InChI=1S/C46H28/c1-2-4-21-38(37(20-3-1)45-36-22-12-11-19-35(36)39-23-29-13-5-8-16-32(29)26-42(39)45)46-43-27-33-17-9-6-14-30(33)24-40(43)41-25-31-15-7-10-18-34(31)28-44(41)46/h1-2,4-19,21-28,45-46H/b2-1-,4-2?,21-4-,38-21?,38-37?. The van der Waals surface area contributed by atoms with Crippen LogP contribution >= 0.6 is 0 Å². The highest BCUT2D eigenvalue weighted by Crippen LogP contribution is 2.55. The number of allylic oxidation sites excluding steroid dienone is 6. The van der Waals surface area contributed by atoms with Gasteiger partial charge in [0.15, 0.2) is 0 Å². The first-order chi connectivity index (χ1) is 22.8. The third-order valence-electron chi connectivity index (χ3n) is 10.2. The van der Waals surface area contributed by atoms with Crippen molar-refractivity contribution in [2.24, 2.45) is 0 Å². The second-order valence-corrected chi connectivity index (χ2v) is 12.7. The van der Waals surface area contributed by atoms with E-state index >= 15 is 0 Å². The fourth-order valence-corrected chi connectivity index (χ4v) is 8.20. The van der Waals surface area contributed by atoms with Gasteiger partial charge in [0.1, 0.15) is 0 Å². The molecule has 7 aromatic rings. The molecule has 0 heterocycles. The predicted octanol–water partition coefficient (Wildman–Crippen LogP) is 11.5. The van der Waals surface area contributed by atoms with E-state index in [0.29, 0.717) is 0 Å². The van der Waals surface area contributed by atoms with Gasteiger partial charge >= 0.3 is 0 Å². The highest BCUT2D eigenvalue weighted by Gasteiger charge is 2.37. The largest absolute Gasteiger partial charge is 0.0699 e. The molecule has 0 aliphatic heterocycles. The molecule has 0 saturated carbocycles. The summed E-state index contributed by atoms with van der Waals surface area (Å²) >= 11 is 0. The summed E-state index contributed by atoms with van der Waals surface area (Å²) < 4.78 is 0. The van der Waals surface area contributed by atoms with Crippen LogP contribution in [0, 0.1) is 11.8 Å². The van der Waals surface area contributed by atoms with Gasteiger partial charge in [0, 0.05) is 17.4 Å². The molecule has 0 N–H and O–H groups in total. The van der Waals surface area contributed by atoms with Crippen molar-refractivity contribution in [3.8, 4) is 34.1 Å². The molecular weight excluding hydrogens is 553 g/mol. The van der Waals surface area contributed by atoms with E-state index in [4.69, 9.17) is 0 Å². The monoisotopic (exact) mass is 580 g/mol. The first kappa shape index (κ1) is 25.4. The van der Waals surface area contributed by atoms with Gasteiger partial charge < -0.3 is 0 Å². The van der Waals surface area contributed by atoms with Gasteiger partial charge in [0.2, 0.25) is 0 Å². The lowest BCUT2D eigenvalue weighted by atomic mass is 9.78. The SMILES string of the molecule is C1#CC(C2c3ccccc3-c3cc4ccccc4cc32)=C(C2c3cc4ccccc4cc3-c3cc4ccccc4cc32)/C=C\C=C/1. The van der Waals surface area contributed by atoms with Crippen molar-refractivity contribution in [1.29, 1.82) is 0 Å². The van der Waals surface area contributed by atoms with Crippen LogP contribution in [0.25, 0.3) is 54.6 Å². The van der Waals surface area contributed by atoms with Crippen LogP contribution in [0.3, 0.4) is 0 Å². The Bertz CT molecular complexity index is 2510. The molecule has 1 atom stereocenters. The molecule has 7 aromatic carbocycles. The van der Waals surface area contributed by atoms with Gasteiger partial charge in [-0.2, -0.15) is 0 Å². The Morgan fingerprint density at radius 2 is 0.848 bits per heavy atom. The van der Waals surface area contributed by atoms with E-state index in [9.17, 15) is 0 Å². The highest BCUT2D eigenvalue weighted by atomic mass is 14.4. The van der Waals surface area contributed by atoms with Crippen LogP contribution in [-0.4, -0.2) is 0 Å². The quantitative estimate of drug-likeness (QED) is 0.178. The molecular formula is C46H28. The molecule has 0 spiro atoms. The molecule has 0 bridgehead atoms. The number of rotatable bonds is 2. The molecule has 10 rings (SSSR count). The summed E-state index contributed by atoms with van der Waals surface area (Å²) in [6, 6.07) is 49.7. The minimum Gasteiger partial charge on any atom is -0.0699 e. The maximum atomic E-state index is 3.75. The summed E-state index contributed by atoms with van der Waals surface area (Å²) in [5.41, 5.74) is 13.2. The van der Waals surface area contributed by atoms with Crippen LogP contribution in [-0.2, 0) is 0 Å². The normalized spacial score (nSPS) is 17.5. The number of hydrogen-bond donors (Lipinski definition) is 0. The summed E-state index contributed by atoms with van der Waals surface area (Å²) in [6.45, 7) is 0. The van der Waals surface area contributed by atoms with Gasteiger partial charge in [-0.15, -0.1) is 0 Å². The average Bonchev–Trinajstić information content (AvgIpc) is 3.56. The Kier molecular flexibility index (Phi) is 5.42. The van der Waals surface area contributed by atoms with E-state index < -0.39 is 0 Å². The Balaban J connectivity index is 1.30. The van der Waals surface area contributed by atoms with Gasteiger partial charge in [-0.25, -0.2) is 0 Å². The molecule has 3 aliphatic rings. The lowest BCUT2D eigenvalue weighted by Crippen LogP contribution is -2.09. The van der Waals surface area contributed by atoms with Gasteiger partial charge in [0.05, 0.1) is 0 Å². The van der Waals surface area contributed by atoms with Crippen molar-refractivity contribution in [1.82, 2.24) is 0 Å². The molecule has 0 radical (unpaired) electrons. The minimum atomic E-state index is 0.0443. The lowest BCUT2D eigenvalue weighted by molar-refractivity contribution is 0.940. The maximum Gasteiger partial charge on any atom is 0.0435 e. The topological polar surface area (TPSA) is 0 Å². The van der Waals surface area contributed by atoms with Crippen molar-refractivity contribution in [3.05, 3.63) is 191 Å². The maximum absolute atomic E-state index is 3.75. The van der Waals surface area contributed by atoms with E-state index in [0.717, 1.165) is 0 Å². The van der Waals surface area contributed by atoms with Gasteiger partial charge in [-0.05, 0) is 125 Å². The van der Waals surface area contributed by atoms with Crippen LogP contribution in [0.2, 0.25) is 0 Å². The van der Waals surface area contributed by atoms with Crippen LogP contribution in [0.4, 0.5) is 0 Å². The molecule has 0 saturated heterocycles.